The van der Waals surface area contributed by atoms with E-state index in [9.17, 15) is 4.79 Å². The molecule has 6 nitrogen and oxygen atoms in total. The Labute approximate surface area is 136 Å². The maximum atomic E-state index is 11.7. The van der Waals surface area contributed by atoms with E-state index in [1.165, 1.54) is 0 Å². The van der Waals surface area contributed by atoms with Crippen LogP contribution >= 0.6 is 0 Å². The summed E-state index contributed by atoms with van der Waals surface area (Å²) in [7, 11) is 0. The van der Waals surface area contributed by atoms with Crippen LogP contribution in [0.2, 0.25) is 0 Å². The summed E-state index contributed by atoms with van der Waals surface area (Å²) in [5.74, 6) is 0.529. The van der Waals surface area contributed by atoms with Gasteiger partial charge in [0.25, 0.3) is 0 Å². The predicted octanol–water partition coefficient (Wildman–Crippen LogP) is 1.63. The van der Waals surface area contributed by atoms with Crippen molar-refractivity contribution in [1.29, 1.82) is 0 Å². The molecule has 0 radical (unpaired) electrons. The summed E-state index contributed by atoms with van der Waals surface area (Å²) in [6, 6.07) is 11.2. The molecule has 0 bridgehead atoms. The van der Waals surface area contributed by atoms with Gasteiger partial charge in [0.15, 0.2) is 0 Å². The first-order valence-corrected chi connectivity index (χ1v) is 8.05. The SMILES string of the molecule is CCCC(N)C(=O)NCCCc1cc(N)n(-c2ccccc2)n1. The lowest BCUT2D eigenvalue weighted by molar-refractivity contribution is -0.122. The molecule has 6 heteroatoms. The van der Waals surface area contributed by atoms with Crippen molar-refractivity contribution in [3.8, 4) is 5.69 Å². The molecule has 1 aromatic heterocycles. The monoisotopic (exact) mass is 315 g/mol. The summed E-state index contributed by atoms with van der Waals surface area (Å²) in [6.07, 6.45) is 3.18. The molecule has 0 aliphatic heterocycles. The molecule has 0 aliphatic carbocycles. The highest BCUT2D eigenvalue weighted by Crippen LogP contribution is 2.14. The van der Waals surface area contributed by atoms with Gasteiger partial charge in [-0.1, -0.05) is 31.5 Å². The summed E-state index contributed by atoms with van der Waals surface area (Å²) in [6.45, 7) is 2.61. The Morgan fingerprint density at radius 2 is 2.09 bits per heavy atom. The highest BCUT2D eigenvalue weighted by atomic mass is 16.2. The molecule has 0 fully saturated rings. The van der Waals surface area contributed by atoms with Gasteiger partial charge >= 0.3 is 0 Å². The maximum Gasteiger partial charge on any atom is 0.236 e. The van der Waals surface area contributed by atoms with Gasteiger partial charge in [0.05, 0.1) is 17.4 Å². The van der Waals surface area contributed by atoms with Crippen molar-refractivity contribution in [3.05, 3.63) is 42.1 Å². The number of nitrogens with two attached hydrogens (primary N) is 2. The van der Waals surface area contributed by atoms with Crippen LogP contribution in [-0.2, 0) is 11.2 Å². The van der Waals surface area contributed by atoms with Crippen LogP contribution in [0, 0.1) is 0 Å². The maximum absolute atomic E-state index is 11.7. The number of hydrogen-bond acceptors (Lipinski definition) is 4. The fourth-order valence-corrected chi connectivity index (χ4v) is 2.40. The number of rotatable bonds is 8. The van der Waals surface area contributed by atoms with Crippen molar-refractivity contribution in [2.75, 3.05) is 12.3 Å². The number of carbonyl (C=O) groups is 1. The third-order valence-corrected chi connectivity index (χ3v) is 3.63. The van der Waals surface area contributed by atoms with Crippen molar-refractivity contribution in [3.63, 3.8) is 0 Å². The molecule has 5 N–H and O–H groups in total. The second-order valence-electron chi connectivity index (χ2n) is 5.60. The van der Waals surface area contributed by atoms with E-state index in [4.69, 9.17) is 11.5 Å². The summed E-state index contributed by atoms with van der Waals surface area (Å²) < 4.78 is 1.73. The largest absolute Gasteiger partial charge is 0.384 e. The predicted molar refractivity (Wildman–Crippen MR) is 92.2 cm³/mol. The van der Waals surface area contributed by atoms with Crippen molar-refractivity contribution >= 4 is 11.7 Å². The lowest BCUT2D eigenvalue weighted by atomic mass is 10.1. The minimum absolute atomic E-state index is 0.0822. The van der Waals surface area contributed by atoms with Gasteiger partial charge in [-0.2, -0.15) is 5.10 Å². The van der Waals surface area contributed by atoms with Gasteiger partial charge in [0, 0.05) is 12.6 Å². The molecule has 1 unspecified atom stereocenters. The van der Waals surface area contributed by atoms with Crippen LogP contribution in [-0.4, -0.2) is 28.3 Å². The van der Waals surface area contributed by atoms with Crippen LogP contribution in [0.15, 0.2) is 36.4 Å². The zero-order valence-corrected chi connectivity index (χ0v) is 13.5. The Kier molecular flexibility index (Phi) is 6.17. The number of nitrogen functional groups attached to an aromatic ring is 1. The Balaban J connectivity index is 1.82. The second-order valence-corrected chi connectivity index (χ2v) is 5.60. The minimum atomic E-state index is -0.409. The fourth-order valence-electron chi connectivity index (χ4n) is 2.40. The molecule has 0 spiro atoms. The zero-order chi connectivity index (χ0) is 16.7. The summed E-state index contributed by atoms with van der Waals surface area (Å²) in [5, 5.41) is 7.38. The van der Waals surface area contributed by atoms with E-state index >= 15 is 0 Å². The van der Waals surface area contributed by atoms with Crippen LogP contribution in [0.25, 0.3) is 5.69 Å². The summed E-state index contributed by atoms with van der Waals surface area (Å²) in [4.78, 5) is 11.7. The number of carbonyl (C=O) groups excluding carboxylic acids is 1. The molecule has 0 saturated heterocycles. The second kappa shape index (κ2) is 8.33. The number of nitrogens with zero attached hydrogens (tertiary/aromatic N) is 2. The van der Waals surface area contributed by atoms with E-state index in [2.05, 4.69) is 10.4 Å². The Morgan fingerprint density at radius 1 is 1.35 bits per heavy atom. The number of amides is 1. The molecule has 0 saturated carbocycles. The number of aromatic nitrogens is 2. The average Bonchev–Trinajstić information content (AvgIpc) is 2.93. The standard InChI is InChI=1S/C17H25N5O/c1-2-7-15(18)17(23)20-11-6-8-13-12-16(19)22(21-13)14-9-4-3-5-10-14/h3-5,9-10,12,15H,2,6-8,11,18-19H2,1H3,(H,20,23). The molecule has 2 aromatic rings. The van der Waals surface area contributed by atoms with Crippen molar-refractivity contribution in [1.82, 2.24) is 15.1 Å². The van der Waals surface area contributed by atoms with Gasteiger partial charge in [-0.05, 0) is 31.4 Å². The van der Waals surface area contributed by atoms with Crippen molar-refractivity contribution in [2.24, 2.45) is 5.73 Å². The van der Waals surface area contributed by atoms with E-state index in [-0.39, 0.29) is 5.91 Å². The number of para-hydroxylation sites is 1. The first-order valence-electron chi connectivity index (χ1n) is 8.05. The van der Waals surface area contributed by atoms with E-state index < -0.39 is 6.04 Å². The quantitative estimate of drug-likeness (QED) is 0.645. The zero-order valence-electron chi connectivity index (χ0n) is 13.5. The Hall–Kier alpha value is -2.34. The highest BCUT2D eigenvalue weighted by Gasteiger charge is 2.11. The summed E-state index contributed by atoms with van der Waals surface area (Å²) >= 11 is 0. The molecule has 124 valence electrons. The number of benzene rings is 1. The van der Waals surface area contributed by atoms with E-state index in [1.807, 2.05) is 43.3 Å². The van der Waals surface area contributed by atoms with Crippen LogP contribution in [0.5, 0.6) is 0 Å². The third-order valence-electron chi connectivity index (χ3n) is 3.63. The average molecular weight is 315 g/mol. The van der Waals surface area contributed by atoms with Gasteiger partial charge in [-0.25, -0.2) is 4.68 Å². The normalized spacial score (nSPS) is 12.1. The van der Waals surface area contributed by atoms with E-state index in [0.29, 0.717) is 18.8 Å². The fraction of sp³-hybridized carbons (Fsp3) is 0.412. The molecule has 1 amide bonds. The molecule has 1 aromatic carbocycles. The van der Waals surface area contributed by atoms with Gasteiger partial charge in [-0.15, -0.1) is 0 Å². The smallest absolute Gasteiger partial charge is 0.236 e. The van der Waals surface area contributed by atoms with Gasteiger partial charge in [0.1, 0.15) is 5.82 Å². The van der Waals surface area contributed by atoms with Crippen LogP contribution in [0.4, 0.5) is 5.82 Å². The topological polar surface area (TPSA) is 99.0 Å². The van der Waals surface area contributed by atoms with Crippen molar-refractivity contribution in [2.45, 2.75) is 38.6 Å². The summed E-state index contributed by atoms with van der Waals surface area (Å²) in [5.41, 5.74) is 13.6. The van der Waals surface area contributed by atoms with E-state index in [0.717, 1.165) is 30.6 Å². The first kappa shape index (κ1) is 17.0. The van der Waals surface area contributed by atoms with Crippen molar-refractivity contribution < 1.29 is 4.79 Å². The van der Waals surface area contributed by atoms with Gasteiger partial charge < -0.3 is 16.8 Å². The number of aryl methyl sites for hydroxylation is 1. The molecule has 1 atom stereocenters. The van der Waals surface area contributed by atoms with Crippen LogP contribution in [0.1, 0.15) is 31.9 Å². The molecule has 1 heterocycles. The molecule has 23 heavy (non-hydrogen) atoms. The lowest BCUT2D eigenvalue weighted by Crippen LogP contribution is -2.40. The molecular weight excluding hydrogens is 290 g/mol. The molecule has 2 rings (SSSR count). The highest BCUT2D eigenvalue weighted by molar-refractivity contribution is 5.81. The molecule has 0 aliphatic rings. The minimum Gasteiger partial charge on any atom is -0.384 e. The Bertz CT molecular complexity index is 623. The third kappa shape index (κ3) is 4.82. The van der Waals surface area contributed by atoms with Crippen LogP contribution in [0.3, 0.4) is 0 Å². The first-order chi connectivity index (χ1) is 11.1. The van der Waals surface area contributed by atoms with Gasteiger partial charge in [0.2, 0.25) is 5.91 Å². The number of anilines is 1. The number of nitrogens with one attached hydrogen (secondary N) is 1. The van der Waals surface area contributed by atoms with E-state index in [1.54, 1.807) is 4.68 Å². The Morgan fingerprint density at radius 3 is 2.78 bits per heavy atom. The van der Waals surface area contributed by atoms with Crippen LogP contribution < -0.4 is 16.8 Å². The lowest BCUT2D eigenvalue weighted by Gasteiger charge is -2.10. The van der Waals surface area contributed by atoms with Gasteiger partial charge in [-0.3, -0.25) is 4.79 Å². The number of hydrogen-bond donors (Lipinski definition) is 3. The molecular formula is C17H25N5O.